The number of nitrogens with one attached hydrogen (secondary N) is 2. The standard InChI is InChI=1S/C8H10.2H4N2O3S/c1-7-3-5-8(2)6-4-7;2*1-2-6(3,4)5/h3-6H,1-2H3;2*2H,1H2,(H,3,4,5). The summed E-state index contributed by atoms with van der Waals surface area (Å²) in [7, 11) is -8.27. The highest BCUT2D eigenvalue weighted by Crippen LogP contribution is 1.99. The Balaban J connectivity index is 0. The summed E-state index contributed by atoms with van der Waals surface area (Å²) in [5, 5.41) is 0. The van der Waals surface area contributed by atoms with Crippen LogP contribution in [0.3, 0.4) is 0 Å². The van der Waals surface area contributed by atoms with E-state index >= 15 is 0 Å². The molecular weight excluding hydrogens is 312 g/mol. The van der Waals surface area contributed by atoms with Crippen LogP contribution in [0.1, 0.15) is 11.1 Å². The van der Waals surface area contributed by atoms with Crippen LogP contribution in [0.5, 0.6) is 0 Å². The van der Waals surface area contributed by atoms with E-state index in [1.54, 1.807) is 0 Å². The molecule has 0 atom stereocenters. The van der Waals surface area contributed by atoms with Gasteiger partial charge in [-0.1, -0.05) is 35.4 Å². The molecule has 118 valence electrons. The van der Waals surface area contributed by atoms with Gasteiger partial charge in [-0.2, -0.15) is 16.8 Å². The van der Waals surface area contributed by atoms with Crippen LogP contribution in [-0.4, -0.2) is 25.9 Å². The zero-order valence-corrected chi connectivity index (χ0v) is 12.4. The van der Waals surface area contributed by atoms with Gasteiger partial charge in [0, 0.05) is 0 Å². The van der Waals surface area contributed by atoms with E-state index in [-0.39, 0.29) is 0 Å². The van der Waals surface area contributed by atoms with E-state index in [1.807, 2.05) is 0 Å². The third kappa shape index (κ3) is 19.2. The van der Waals surface area contributed by atoms with Crippen LogP contribution in [0.25, 0.3) is 0 Å². The number of hydrogen-bond donors (Lipinski definition) is 6. The zero-order valence-electron chi connectivity index (χ0n) is 10.8. The highest BCUT2D eigenvalue weighted by atomic mass is 32.2. The lowest BCUT2D eigenvalue weighted by molar-refractivity contribution is 0.467. The molecule has 0 saturated heterocycles. The van der Waals surface area contributed by atoms with E-state index < -0.39 is 20.6 Å². The van der Waals surface area contributed by atoms with Gasteiger partial charge < -0.3 is 0 Å². The molecule has 0 heterocycles. The van der Waals surface area contributed by atoms with Crippen molar-refractivity contribution in [2.24, 2.45) is 11.7 Å². The molecule has 1 aromatic carbocycles. The zero-order chi connectivity index (χ0) is 16.4. The molecule has 0 aliphatic rings. The summed E-state index contributed by atoms with van der Waals surface area (Å²) in [4.78, 5) is 2.26. The Morgan fingerprint density at radius 3 is 1.05 bits per heavy atom. The maximum absolute atomic E-state index is 9.32. The molecule has 0 fully saturated rings. The predicted molar refractivity (Wildman–Crippen MR) is 73.7 cm³/mol. The lowest BCUT2D eigenvalue weighted by Gasteiger charge is -1.90. The molecule has 0 saturated carbocycles. The van der Waals surface area contributed by atoms with E-state index in [0.717, 1.165) is 9.66 Å². The van der Waals surface area contributed by atoms with Crippen LogP contribution in [0.15, 0.2) is 24.3 Å². The first-order valence-electron chi connectivity index (χ1n) is 4.84. The van der Waals surface area contributed by atoms with E-state index in [9.17, 15) is 16.8 Å². The SMILES string of the molecule is Cc1ccc(C)cc1.NNS(=O)(=O)O.NNS(=O)(=O)O. The third-order valence-electron chi connectivity index (χ3n) is 1.52. The highest BCUT2D eigenvalue weighted by molar-refractivity contribution is 7.83. The summed E-state index contributed by atoms with van der Waals surface area (Å²) in [6, 6.07) is 8.48. The minimum Gasteiger partial charge on any atom is -0.273 e. The second-order valence-electron chi connectivity index (χ2n) is 3.34. The van der Waals surface area contributed by atoms with Gasteiger partial charge in [-0.3, -0.25) is 20.8 Å². The largest absolute Gasteiger partial charge is 0.346 e. The van der Waals surface area contributed by atoms with Crippen LogP contribution >= 0.6 is 0 Å². The van der Waals surface area contributed by atoms with Gasteiger partial charge in [0.25, 0.3) is 0 Å². The number of hydrogen-bond acceptors (Lipinski definition) is 6. The Labute approximate surface area is 117 Å². The van der Waals surface area contributed by atoms with Crippen molar-refractivity contribution in [3.8, 4) is 0 Å². The molecule has 0 unspecified atom stereocenters. The van der Waals surface area contributed by atoms with Crippen LogP contribution in [0, 0.1) is 13.8 Å². The molecular formula is C8H18N4O6S2. The van der Waals surface area contributed by atoms with Crippen LogP contribution < -0.4 is 21.3 Å². The van der Waals surface area contributed by atoms with Crippen molar-refractivity contribution in [1.82, 2.24) is 9.66 Å². The van der Waals surface area contributed by atoms with Crippen LogP contribution in [0.2, 0.25) is 0 Å². The molecule has 0 radical (unpaired) electrons. The Morgan fingerprint density at radius 2 is 0.950 bits per heavy atom. The fraction of sp³-hybridized carbons (Fsp3) is 0.250. The molecule has 20 heavy (non-hydrogen) atoms. The summed E-state index contributed by atoms with van der Waals surface area (Å²) in [5.41, 5.74) is 2.66. The number of nitrogens with two attached hydrogens (primary N) is 2. The second kappa shape index (κ2) is 9.73. The van der Waals surface area contributed by atoms with Gasteiger partial charge in [0.2, 0.25) is 0 Å². The fourth-order valence-electron chi connectivity index (χ4n) is 0.637. The fourth-order valence-corrected chi connectivity index (χ4v) is 0.637. The molecule has 8 N–H and O–H groups in total. The third-order valence-corrected chi connectivity index (χ3v) is 2.11. The van der Waals surface area contributed by atoms with Gasteiger partial charge in [-0.15, -0.1) is 9.66 Å². The normalized spacial score (nSPS) is 10.7. The smallest absolute Gasteiger partial charge is 0.273 e. The molecule has 0 aromatic heterocycles. The average Bonchev–Trinajstić information content (AvgIpc) is 2.33. The molecule has 0 aliphatic heterocycles. The molecule has 0 amide bonds. The van der Waals surface area contributed by atoms with Gasteiger partial charge in [-0.25, -0.2) is 0 Å². The summed E-state index contributed by atoms with van der Waals surface area (Å²) in [5.74, 6) is 8.44. The van der Waals surface area contributed by atoms with E-state index in [0.29, 0.717) is 0 Å². The van der Waals surface area contributed by atoms with E-state index in [1.165, 1.54) is 11.1 Å². The number of rotatable bonds is 2. The molecule has 12 heteroatoms. The van der Waals surface area contributed by atoms with Crippen molar-refractivity contribution in [3.05, 3.63) is 35.4 Å². The molecule has 1 rings (SSSR count). The molecule has 10 nitrogen and oxygen atoms in total. The summed E-state index contributed by atoms with van der Waals surface area (Å²) in [6.07, 6.45) is 0. The summed E-state index contributed by atoms with van der Waals surface area (Å²) >= 11 is 0. The van der Waals surface area contributed by atoms with Gasteiger partial charge in [0.05, 0.1) is 0 Å². The van der Waals surface area contributed by atoms with Crippen molar-refractivity contribution in [3.63, 3.8) is 0 Å². The average molecular weight is 330 g/mol. The van der Waals surface area contributed by atoms with Crippen LogP contribution in [0.4, 0.5) is 0 Å². The summed E-state index contributed by atoms with van der Waals surface area (Å²) in [6.45, 7) is 4.19. The Kier molecular flexibility index (Phi) is 10.3. The maximum Gasteiger partial charge on any atom is 0.346 e. The predicted octanol–water partition coefficient (Wildman–Crippen LogP) is -1.19. The maximum atomic E-state index is 9.32. The van der Waals surface area contributed by atoms with Gasteiger partial charge in [0.1, 0.15) is 0 Å². The first-order chi connectivity index (χ1) is 8.91. The summed E-state index contributed by atoms with van der Waals surface area (Å²) < 4.78 is 52.4. The molecule has 0 aliphatic carbocycles. The Morgan fingerprint density at radius 1 is 0.800 bits per heavy atom. The van der Waals surface area contributed by atoms with Crippen molar-refractivity contribution in [2.45, 2.75) is 13.8 Å². The van der Waals surface area contributed by atoms with Crippen molar-refractivity contribution in [2.75, 3.05) is 0 Å². The van der Waals surface area contributed by atoms with Crippen molar-refractivity contribution in [1.29, 1.82) is 0 Å². The second-order valence-corrected chi connectivity index (χ2v) is 5.71. The van der Waals surface area contributed by atoms with E-state index in [4.69, 9.17) is 9.11 Å². The Bertz CT molecular complexity index is 516. The highest BCUT2D eigenvalue weighted by Gasteiger charge is 1.92. The van der Waals surface area contributed by atoms with Gasteiger partial charge >= 0.3 is 20.6 Å². The molecule has 0 spiro atoms. The van der Waals surface area contributed by atoms with Gasteiger partial charge in [-0.05, 0) is 13.8 Å². The lowest BCUT2D eigenvalue weighted by atomic mass is 10.2. The topological polar surface area (TPSA) is 185 Å². The molecule has 0 bridgehead atoms. The number of hydrazine groups is 2. The van der Waals surface area contributed by atoms with E-state index in [2.05, 4.69) is 49.8 Å². The molecule has 1 aromatic rings. The quantitative estimate of drug-likeness (QED) is 0.222. The monoisotopic (exact) mass is 330 g/mol. The lowest BCUT2D eigenvalue weighted by Crippen LogP contribution is -2.29. The van der Waals surface area contributed by atoms with Gasteiger partial charge in [0.15, 0.2) is 0 Å². The Hall–Kier alpha value is -1.12. The first-order valence-corrected chi connectivity index (χ1v) is 7.72. The van der Waals surface area contributed by atoms with Crippen molar-refractivity contribution >= 4 is 20.6 Å². The number of aryl methyl sites for hydroxylation is 2. The number of benzene rings is 1. The first kappa shape index (κ1) is 21.2. The minimum absolute atomic E-state index is 1.13. The van der Waals surface area contributed by atoms with Crippen LogP contribution in [-0.2, 0) is 20.6 Å². The minimum atomic E-state index is -4.13. The van der Waals surface area contributed by atoms with Crippen molar-refractivity contribution < 1.29 is 25.9 Å².